The first-order chi connectivity index (χ1) is 8.19. The molecule has 2 rings (SSSR count). The summed E-state index contributed by atoms with van der Waals surface area (Å²) >= 11 is 3.53. The monoisotopic (exact) mass is 296 g/mol. The second-order valence-corrected chi connectivity index (χ2v) is 5.88. The summed E-state index contributed by atoms with van der Waals surface area (Å²) in [5.41, 5.74) is 1.40. The number of halogens is 1. The van der Waals surface area contributed by atoms with Gasteiger partial charge < -0.3 is 5.32 Å². The molecule has 2 nitrogen and oxygen atoms in total. The van der Waals surface area contributed by atoms with Crippen LogP contribution in [0.1, 0.15) is 25.3 Å². The highest BCUT2D eigenvalue weighted by Gasteiger charge is 2.24. The van der Waals surface area contributed by atoms with E-state index in [0.717, 1.165) is 6.54 Å². The third-order valence-corrected chi connectivity index (χ3v) is 4.19. The summed E-state index contributed by atoms with van der Waals surface area (Å²) in [6.07, 6.45) is 2.51. The van der Waals surface area contributed by atoms with Crippen LogP contribution in [0.15, 0.2) is 28.7 Å². The molecule has 1 aliphatic rings. The van der Waals surface area contributed by atoms with Crippen LogP contribution >= 0.6 is 15.9 Å². The fourth-order valence-corrected chi connectivity index (χ4v) is 3.03. The molecule has 1 saturated heterocycles. The zero-order valence-corrected chi connectivity index (χ0v) is 12.2. The summed E-state index contributed by atoms with van der Waals surface area (Å²) in [5.74, 6) is 0. The van der Waals surface area contributed by atoms with Crippen LogP contribution in [0.2, 0.25) is 0 Å². The summed E-state index contributed by atoms with van der Waals surface area (Å²) in [4.78, 5) is 2.58. The number of nitrogens with one attached hydrogen (secondary N) is 1. The Balaban J connectivity index is 1.95. The van der Waals surface area contributed by atoms with Crippen LogP contribution in [-0.2, 0) is 6.54 Å². The molecule has 1 aromatic rings. The Morgan fingerprint density at radius 3 is 2.94 bits per heavy atom. The van der Waals surface area contributed by atoms with Gasteiger partial charge in [-0.05, 0) is 44.5 Å². The molecule has 1 aliphatic heterocycles. The van der Waals surface area contributed by atoms with Gasteiger partial charge in [0, 0.05) is 29.6 Å². The van der Waals surface area contributed by atoms with Crippen molar-refractivity contribution in [2.45, 2.75) is 38.4 Å². The standard InChI is InChI=1S/C14H21BrN2/c1-11-8-14(16-2)6-7-17(11)10-12-4-3-5-13(15)9-12/h3-5,9,11,14,16H,6-8,10H2,1-2H3. The Morgan fingerprint density at radius 2 is 2.29 bits per heavy atom. The van der Waals surface area contributed by atoms with Crippen LogP contribution in [0.5, 0.6) is 0 Å². The van der Waals surface area contributed by atoms with Crippen LogP contribution in [-0.4, -0.2) is 30.6 Å². The molecule has 17 heavy (non-hydrogen) atoms. The molecule has 1 fully saturated rings. The minimum atomic E-state index is 0.667. The van der Waals surface area contributed by atoms with E-state index >= 15 is 0 Å². The fourth-order valence-electron chi connectivity index (χ4n) is 2.59. The van der Waals surface area contributed by atoms with E-state index in [-0.39, 0.29) is 0 Å². The van der Waals surface area contributed by atoms with E-state index < -0.39 is 0 Å². The number of hydrogen-bond acceptors (Lipinski definition) is 2. The quantitative estimate of drug-likeness (QED) is 0.922. The molecule has 0 aliphatic carbocycles. The predicted octanol–water partition coefficient (Wildman–Crippen LogP) is 3.02. The number of piperidine rings is 1. The lowest BCUT2D eigenvalue weighted by Gasteiger charge is -2.37. The fraction of sp³-hybridized carbons (Fsp3) is 0.571. The van der Waals surface area contributed by atoms with Crippen molar-refractivity contribution in [2.75, 3.05) is 13.6 Å². The summed E-state index contributed by atoms with van der Waals surface area (Å²) in [6.45, 7) is 4.59. The molecule has 1 heterocycles. The Hall–Kier alpha value is -0.380. The zero-order valence-electron chi connectivity index (χ0n) is 10.6. The van der Waals surface area contributed by atoms with Gasteiger partial charge in [0.1, 0.15) is 0 Å². The van der Waals surface area contributed by atoms with E-state index in [0.29, 0.717) is 12.1 Å². The van der Waals surface area contributed by atoms with Gasteiger partial charge in [0.25, 0.3) is 0 Å². The second-order valence-electron chi connectivity index (χ2n) is 4.96. The minimum absolute atomic E-state index is 0.667. The maximum Gasteiger partial charge on any atom is 0.0236 e. The molecule has 2 unspecified atom stereocenters. The third-order valence-electron chi connectivity index (χ3n) is 3.70. The molecule has 0 aromatic heterocycles. The smallest absolute Gasteiger partial charge is 0.0236 e. The maximum absolute atomic E-state index is 3.53. The summed E-state index contributed by atoms with van der Waals surface area (Å²) < 4.78 is 1.17. The average Bonchev–Trinajstić information content (AvgIpc) is 2.32. The van der Waals surface area contributed by atoms with Crippen molar-refractivity contribution in [2.24, 2.45) is 0 Å². The molecule has 1 N–H and O–H groups in total. The van der Waals surface area contributed by atoms with Gasteiger partial charge in [-0.1, -0.05) is 28.1 Å². The Bertz CT molecular complexity index is 367. The first kappa shape index (κ1) is 13.1. The molecule has 0 saturated carbocycles. The van der Waals surface area contributed by atoms with Crippen LogP contribution < -0.4 is 5.32 Å². The van der Waals surface area contributed by atoms with E-state index in [1.54, 1.807) is 0 Å². The number of hydrogen-bond donors (Lipinski definition) is 1. The van der Waals surface area contributed by atoms with Gasteiger partial charge in [-0.25, -0.2) is 0 Å². The minimum Gasteiger partial charge on any atom is -0.317 e. The Morgan fingerprint density at radius 1 is 1.47 bits per heavy atom. The van der Waals surface area contributed by atoms with Crippen molar-refractivity contribution in [3.05, 3.63) is 34.3 Å². The zero-order chi connectivity index (χ0) is 12.3. The Kier molecular flexibility index (Phi) is 4.60. The lowest BCUT2D eigenvalue weighted by molar-refractivity contribution is 0.131. The first-order valence-electron chi connectivity index (χ1n) is 6.35. The molecular formula is C14H21BrN2. The van der Waals surface area contributed by atoms with E-state index in [1.807, 2.05) is 0 Å². The SMILES string of the molecule is CNC1CCN(Cc2cccc(Br)c2)C(C)C1. The second kappa shape index (κ2) is 5.98. The maximum atomic E-state index is 3.53. The van der Waals surface area contributed by atoms with Gasteiger partial charge in [-0.3, -0.25) is 4.90 Å². The van der Waals surface area contributed by atoms with Gasteiger partial charge in [-0.15, -0.1) is 0 Å². The molecular weight excluding hydrogens is 276 g/mol. The van der Waals surface area contributed by atoms with Gasteiger partial charge in [-0.2, -0.15) is 0 Å². The first-order valence-corrected chi connectivity index (χ1v) is 7.14. The lowest BCUT2D eigenvalue weighted by atomic mass is 9.98. The summed E-state index contributed by atoms with van der Waals surface area (Å²) in [7, 11) is 2.07. The third kappa shape index (κ3) is 3.54. The highest BCUT2D eigenvalue weighted by molar-refractivity contribution is 9.10. The van der Waals surface area contributed by atoms with Crippen molar-refractivity contribution in [1.82, 2.24) is 10.2 Å². The molecule has 3 heteroatoms. The van der Waals surface area contributed by atoms with Gasteiger partial charge >= 0.3 is 0 Å². The van der Waals surface area contributed by atoms with E-state index in [4.69, 9.17) is 0 Å². The largest absolute Gasteiger partial charge is 0.317 e. The number of likely N-dealkylation sites (tertiary alicyclic amines) is 1. The van der Waals surface area contributed by atoms with Crippen molar-refractivity contribution in [1.29, 1.82) is 0 Å². The molecule has 2 atom stereocenters. The number of benzene rings is 1. The topological polar surface area (TPSA) is 15.3 Å². The molecule has 0 amide bonds. The van der Waals surface area contributed by atoms with Crippen LogP contribution in [0, 0.1) is 0 Å². The Labute approximate surface area is 113 Å². The summed E-state index contributed by atoms with van der Waals surface area (Å²) in [6, 6.07) is 9.99. The number of nitrogens with zero attached hydrogens (tertiary/aromatic N) is 1. The highest BCUT2D eigenvalue weighted by Crippen LogP contribution is 2.21. The van der Waals surface area contributed by atoms with Crippen molar-refractivity contribution < 1.29 is 0 Å². The van der Waals surface area contributed by atoms with Crippen LogP contribution in [0.25, 0.3) is 0 Å². The molecule has 0 spiro atoms. The predicted molar refractivity (Wildman–Crippen MR) is 76.1 cm³/mol. The molecule has 0 radical (unpaired) electrons. The van der Waals surface area contributed by atoms with Crippen molar-refractivity contribution >= 4 is 15.9 Å². The molecule has 94 valence electrons. The summed E-state index contributed by atoms with van der Waals surface area (Å²) in [5, 5.41) is 3.39. The van der Waals surface area contributed by atoms with Crippen molar-refractivity contribution in [3.63, 3.8) is 0 Å². The van der Waals surface area contributed by atoms with E-state index in [1.165, 1.54) is 29.4 Å². The van der Waals surface area contributed by atoms with E-state index in [2.05, 4.69) is 64.4 Å². The highest BCUT2D eigenvalue weighted by atomic mass is 79.9. The molecule has 0 bridgehead atoms. The van der Waals surface area contributed by atoms with Crippen LogP contribution in [0.3, 0.4) is 0 Å². The van der Waals surface area contributed by atoms with Crippen molar-refractivity contribution in [3.8, 4) is 0 Å². The van der Waals surface area contributed by atoms with E-state index in [9.17, 15) is 0 Å². The normalized spacial score (nSPS) is 26.1. The number of rotatable bonds is 3. The lowest BCUT2D eigenvalue weighted by Crippen LogP contribution is -2.46. The molecule has 1 aromatic carbocycles. The van der Waals surface area contributed by atoms with Gasteiger partial charge in [0.2, 0.25) is 0 Å². The van der Waals surface area contributed by atoms with Crippen LogP contribution in [0.4, 0.5) is 0 Å². The van der Waals surface area contributed by atoms with Gasteiger partial charge in [0.15, 0.2) is 0 Å². The van der Waals surface area contributed by atoms with Gasteiger partial charge in [0.05, 0.1) is 0 Å². The average molecular weight is 297 g/mol.